The number of aliphatic hydroxyl groups excluding tert-OH is 1. The summed E-state index contributed by atoms with van der Waals surface area (Å²) in [6.07, 6.45) is 3.34. The number of rotatable bonds is 4. The third-order valence-electron chi connectivity index (χ3n) is 4.23. The number of sulfone groups is 1. The molecule has 21 heavy (non-hydrogen) atoms. The molecule has 4 nitrogen and oxygen atoms in total. The van der Waals surface area contributed by atoms with E-state index in [1.54, 1.807) is 18.2 Å². The standard InChI is InChI=1S/C15H21ClO4S/c1-20-14-9-11(16)6-7-13(14)15(17)10-4-3-5-12(8-10)21(2,18)19/h6-7,9-10,12,15,17H,3-5,8H2,1-2H3. The second-order valence-corrected chi connectivity index (χ2v) is 8.47. The summed E-state index contributed by atoms with van der Waals surface area (Å²) in [7, 11) is -1.53. The smallest absolute Gasteiger partial charge is 0.150 e. The maximum atomic E-state index is 11.7. The van der Waals surface area contributed by atoms with E-state index in [1.807, 2.05) is 0 Å². The van der Waals surface area contributed by atoms with E-state index in [0.717, 1.165) is 12.8 Å². The fourth-order valence-electron chi connectivity index (χ4n) is 3.04. The van der Waals surface area contributed by atoms with Gasteiger partial charge in [-0.15, -0.1) is 0 Å². The van der Waals surface area contributed by atoms with Crippen LogP contribution in [0.5, 0.6) is 5.75 Å². The SMILES string of the molecule is COc1cc(Cl)ccc1C(O)C1CCCC(S(C)(=O)=O)C1. The number of methoxy groups -OCH3 is 1. The highest BCUT2D eigenvalue weighted by Crippen LogP contribution is 2.40. The van der Waals surface area contributed by atoms with Gasteiger partial charge >= 0.3 is 0 Å². The Morgan fingerprint density at radius 3 is 2.71 bits per heavy atom. The lowest BCUT2D eigenvalue weighted by atomic mass is 9.82. The first-order valence-corrected chi connectivity index (χ1v) is 9.36. The minimum atomic E-state index is -3.06. The highest BCUT2D eigenvalue weighted by Gasteiger charge is 2.33. The average Bonchev–Trinajstić information content (AvgIpc) is 2.45. The molecule has 1 N–H and O–H groups in total. The van der Waals surface area contributed by atoms with Gasteiger partial charge < -0.3 is 9.84 Å². The van der Waals surface area contributed by atoms with Gasteiger partial charge in [-0.05, 0) is 37.3 Å². The highest BCUT2D eigenvalue weighted by molar-refractivity contribution is 7.91. The highest BCUT2D eigenvalue weighted by atomic mass is 35.5. The van der Waals surface area contributed by atoms with E-state index < -0.39 is 15.9 Å². The Bertz CT molecular complexity index is 600. The molecule has 1 fully saturated rings. The molecular formula is C15H21ClO4S. The number of hydrogen-bond donors (Lipinski definition) is 1. The number of aliphatic hydroxyl groups is 1. The maximum Gasteiger partial charge on any atom is 0.150 e. The Kier molecular flexibility index (Phi) is 5.17. The van der Waals surface area contributed by atoms with Crippen LogP contribution in [-0.4, -0.2) is 32.1 Å². The van der Waals surface area contributed by atoms with Gasteiger partial charge in [0.25, 0.3) is 0 Å². The zero-order chi connectivity index (χ0) is 15.6. The molecule has 118 valence electrons. The molecule has 0 heterocycles. The molecule has 0 spiro atoms. The van der Waals surface area contributed by atoms with Crippen molar-refractivity contribution < 1.29 is 18.3 Å². The van der Waals surface area contributed by atoms with Crippen molar-refractivity contribution >= 4 is 21.4 Å². The summed E-state index contributed by atoms with van der Waals surface area (Å²) >= 11 is 5.93. The van der Waals surface area contributed by atoms with Crippen LogP contribution in [0.3, 0.4) is 0 Å². The molecule has 1 saturated carbocycles. The second-order valence-electron chi connectivity index (χ2n) is 5.71. The van der Waals surface area contributed by atoms with Crippen molar-refractivity contribution in [3.63, 3.8) is 0 Å². The van der Waals surface area contributed by atoms with Gasteiger partial charge in [-0.25, -0.2) is 8.42 Å². The molecule has 0 aromatic heterocycles. The van der Waals surface area contributed by atoms with E-state index in [-0.39, 0.29) is 11.2 Å². The molecule has 0 radical (unpaired) electrons. The third-order valence-corrected chi connectivity index (χ3v) is 6.11. The summed E-state index contributed by atoms with van der Waals surface area (Å²) in [5.74, 6) is 0.463. The van der Waals surface area contributed by atoms with E-state index in [4.69, 9.17) is 16.3 Å². The Hall–Kier alpha value is -0.780. The molecule has 0 aliphatic heterocycles. The van der Waals surface area contributed by atoms with Crippen LogP contribution in [0.25, 0.3) is 0 Å². The number of halogens is 1. The lowest BCUT2D eigenvalue weighted by Crippen LogP contribution is -2.30. The monoisotopic (exact) mass is 332 g/mol. The summed E-state index contributed by atoms with van der Waals surface area (Å²) in [5.41, 5.74) is 0.668. The zero-order valence-corrected chi connectivity index (χ0v) is 13.8. The third kappa shape index (κ3) is 3.90. The fraction of sp³-hybridized carbons (Fsp3) is 0.600. The molecule has 0 saturated heterocycles. The molecule has 6 heteroatoms. The summed E-state index contributed by atoms with van der Waals surface area (Å²) < 4.78 is 28.7. The Morgan fingerprint density at radius 1 is 1.38 bits per heavy atom. The fourth-order valence-corrected chi connectivity index (χ4v) is 4.39. The second kappa shape index (κ2) is 6.55. The van der Waals surface area contributed by atoms with Crippen LogP contribution in [0.4, 0.5) is 0 Å². The van der Waals surface area contributed by atoms with Gasteiger partial charge in [0.05, 0.1) is 18.5 Å². The van der Waals surface area contributed by atoms with E-state index in [2.05, 4.69) is 0 Å². The van der Waals surface area contributed by atoms with Crippen LogP contribution in [0, 0.1) is 5.92 Å². The van der Waals surface area contributed by atoms with E-state index in [1.165, 1.54) is 13.4 Å². The molecule has 1 aliphatic rings. The van der Waals surface area contributed by atoms with Crippen molar-refractivity contribution in [2.24, 2.45) is 5.92 Å². The van der Waals surface area contributed by atoms with Crippen molar-refractivity contribution in [1.29, 1.82) is 0 Å². The molecule has 2 rings (SSSR count). The molecule has 0 amide bonds. The van der Waals surface area contributed by atoms with Gasteiger partial charge in [0.2, 0.25) is 0 Å². The van der Waals surface area contributed by atoms with Crippen LogP contribution < -0.4 is 4.74 Å². The first-order valence-electron chi connectivity index (χ1n) is 7.03. The van der Waals surface area contributed by atoms with Crippen molar-refractivity contribution in [3.8, 4) is 5.75 Å². The largest absolute Gasteiger partial charge is 0.496 e. The van der Waals surface area contributed by atoms with Crippen molar-refractivity contribution in [2.45, 2.75) is 37.0 Å². The van der Waals surface area contributed by atoms with Crippen molar-refractivity contribution in [1.82, 2.24) is 0 Å². The van der Waals surface area contributed by atoms with Crippen LogP contribution >= 0.6 is 11.6 Å². The van der Waals surface area contributed by atoms with Crippen LogP contribution in [0.15, 0.2) is 18.2 Å². The molecule has 1 aliphatic carbocycles. The number of hydrogen-bond acceptors (Lipinski definition) is 4. The van der Waals surface area contributed by atoms with E-state index >= 15 is 0 Å². The molecule has 3 atom stereocenters. The van der Waals surface area contributed by atoms with Gasteiger partial charge in [-0.1, -0.05) is 24.1 Å². The minimum absolute atomic E-state index is 0.0754. The summed E-state index contributed by atoms with van der Waals surface area (Å²) in [5, 5.41) is 10.8. The quantitative estimate of drug-likeness (QED) is 0.920. The Labute approximate surface area is 131 Å². The maximum absolute atomic E-state index is 11.7. The van der Waals surface area contributed by atoms with Crippen LogP contribution in [0.1, 0.15) is 37.4 Å². The van der Waals surface area contributed by atoms with Gasteiger partial charge in [0.15, 0.2) is 0 Å². The van der Waals surface area contributed by atoms with Crippen LogP contribution in [-0.2, 0) is 9.84 Å². The lowest BCUT2D eigenvalue weighted by molar-refractivity contribution is 0.0833. The zero-order valence-electron chi connectivity index (χ0n) is 12.3. The Balaban J connectivity index is 2.21. The van der Waals surface area contributed by atoms with Crippen molar-refractivity contribution in [3.05, 3.63) is 28.8 Å². The lowest BCUT2D eigenvalue weighted by Gasteiger charge is -2.32. The normalized spacial score (nSPS) is 24.6. The topological polar surface area (TPSA) is 63.6 Å². The predicted octanol–water partition coefficient (Wildman–Crippen LogP) is 2.99. The average molecular weight is 333 g/mol. The number of benzene rings is 1. The molecule has 0 bridgehead atoms. The first-order chi connectivity index (χ1) is 9.82. The molecular weight excluding hydrogens is 312 g/mol. The van der Waals surface area contributed by atoms with Gasteiger partial charge in [-0.3, -0.25) is 0 Å². The van der Waals surface area contributed by atoms with Gasteiger partial charge in [0.1, 0.15) is 15.6 Å². The molecule has 1 aromatic carbocycles. The molecule has 3 unspecified atom stereocenters. The summed E-state index contributed by atoms with van der Waals surface area (Å²) in [6.45, 7) is 0. The number of ether oxygens (including phenoxy) is 1. The van der Waals surface area contributed by atoms with E-state index in [9.17, 15) is 13.5 Å². The first kappa shape index (κ1) is 16.6. The predicted molar refractivity (Wildman–Crippen MR) is 83.6 cm³/mol. The van der Waals surface area contributed by atoms with Crippen molar-refractivity contribution in [2.75, 3.05) is 13.4 Å². The summed E-state index contributed by atoms with van der Waals surface area (Å²) in [4.78, 5) is 0. The van der Waals surface area contributed by atoms with Gasteiger partial charge in [-0.2, -0.15) is 0 Å². The van der Waals surface area contributed by atoms with Crippen LogP contribution in [0.2, 0.25) is 5.02 Å². The van der Waals surface area contributed by atoms with Gasteiger partial charge in [0, 0.05) is 16.8 Å². The summed E-state index contributed by atoms with van der Waals surface area (Å²) in [6, 6.07) is 5.12. The Morgan fingerprint density at radius 2 is 2.10 bits per heavy atom. The minimum Gasteiger partial charge on any atom is -0.496 e. The van der Waals surface area contributed by atoms with E-state index in [0.29, 0.717) is 29.2 Å². The molecule has 1 aromatic rings.